The average molecular weight is 345 g/mol. The largest absolute Gasteiger partial charge is 0.361 e. The number of carbonyl (C=O) groups excluding carboxylic acids is 2. The van der Waals surface area contributed by atoms with Gasteiger partial charge in [0.05, 0.1) is 13.2 Å². The molecule has 0 aliphatic carbocycles. The standard InChI is InChI=1S/C19H27N3O3/c1-14(2)22-10-5-4-8-19(18(22)24)13-21(11-12-25-19)17(23)16-15(3)7-6-9-20-16/h6-7,9,14H,4-5,8,10-13H2,1-3H3. The zero-order valence-corrected chi connectivity index (χ0v) is 15.3. The van der Waals surface area contributed by atoms with Gasteiger partial charge in [0.25, 0.3) is 11.8 Å². The molecule has 0 N–H and O–H groups in total. The Bertz CT molecular complexity index is 661. The van der Waals surface area contributed by atoms with E-state index in [1.54, 1.807) is 11.1 Å². The van der Waals surface area contributed by atoms with Crippen molar-refractivity contribution >= 4 is 11.8 Å². The Kier molecular flexibility index (Phi) is 5.08. The zero-order valence-electron chi connectivity index (χ0n) is 15.3. The molecule has 2 saturated heterocycles. The van der Waals surface area contributed by atoms with Gasteiger partial charge in [0.2, 0.25) is 0 Å². The normalized spacial score (nSPS) is 24.7. The molecule has 2 aliphatic heterocycles. The van der Waals surface area contributed by atoms with Gasteiger partial charge < -0.3 is 14.5 Å². The minimum atomic E-state index is -0.905. The quantitative estimate of drug-likeness (QED) is 0.823. The molecule has 2 fully saturated rings. The maximum absolute atomic E-state index is 13.2. The van der Waals surface area contributed by atoms with E-state index in [9.17, 15) is 9.59 Å². The molecule has 0 aromatic carbocycles. The second kappa shape index (κ2) is 7.12. The minimum absolute atomic E-state index is 0.0234. The Hall–Kier alpha value is -1.95. The Morgan fingerprint density at radius 1 is 1.32 bits per heavy atom. The lowest BCUT2D eigenvalue weighted by Gasteiger charge is -2.43. The second-order valence-corrected chi connectivity index (χ2v) is 7.29. The van der Waals surface area contributed by atoms with E-state index in [1.807, 2.05) is 37.8 Å². The van der Waals surface area contributed by atoms with Crippen LogP contribution in [0.3, 0.4) is 0 Å². The lowest BCUT2D eigenvalue weighted by molar-refractivity contribution is -0.169. The van der Waals surface area contributed by atoms with Crippen molar-refractivity contribution < 1.29 is 14.3 Å². The summed E-state index contributed by atoms with van der Waals surface area (Å²) in [4.78, 5) is 34.0. The molecule has 0 saturated carbocycles. The Balaban J connectivity index is 1.85. The van der Waals surface area contributed by atoms with Crippen LogP contribution in [0.4, 0.5) is 0 Å². The van der Waals surface area contributed by atoms with Crippen molar-refractivity contribution in [2.24, 2.45) is 0 Å². The number of morpholine rings is 1. The van der Waals surface area contributed by atoms with Crippen LogP contribution in [0.5, 0.6) is 0 Å². The molecule has 6 heteroatoms. The Labute approximate surface area is 149 Å². The van der Waals surface area contributed by atoms with Gasteiger partial charge in [-0.3, -0.25) is 14.6 Å². The fourth-order valence-electron chi connectivity index (χ4n) is 3.75. The van der Waals surface area contributed by atoms with Gasteiger partial charge in [0.15, 0.2) is 5.60 Å². The van der Waals surface area contributed by atoms with Crippen LogP contribution in [0.15, 0.2) is 18.3 Å². The number of aromatic nitrogens is 1. The SMILES string of the molecule is Cc1cccnc1C(=O)N1CCOC2(CCCCN(C(C)C)C2=O)C1. The molecule has 3 heterocycles. The monoisotopic (exact) mass is 345 g/mol. The van der Waals surface area contributed by atoms with E-state index in [1.165, 1.54) is 0 Å². The number of carbonyl (C=O) groups is 2. The van der Waals surface area contributed by atoms with Crippen LogP contribution in [0.1, 0.15) is 49.2 Å². The predicted molar refractivity (Wildman–Crippen MR) is 94.3 cm³/mol. The summed E-state index contributed by atoms with van der Waals surface area (Å²) in [5.41, 5.74) is 0.405. The third-order valence-electron chi connectivity index (χ3n) is 5.19. The topological polar surface area (TPSA) is 62.7 Å². The molecule has 1 aromatic heterocycles. The molecular formula is C19H27N3O3. The summed E-state index contributed by atoms with van der Waals surface area (Å²) >= 11 is 0. The van der Waals surface area contributed by atoms with E-state index < -0.39 is 5.60 Å². The lowest BCUT2D eigenvalue weighted by Crippen LogP contribution is -2.61. The predicted octanol–water partition coefficient (Wildman–Crippen LogP) is 2.02. The molecule has 1 atom stereocenters. The summed E-state index contributed by atoms with van der Waals surface area (Å²) in [5, 5.41) is 0. The van der Waals surface area contributed by atoms with Crippen molar-refractivity contribution in [3.8, 4) is 0 Å². The van der Waals surface area contributed by atoms with Crippen molar-refractivity contribution in [3.63, 3.8) is 0 Å². The number of rotatable bonds is 2. The number of hydrogen-bond acceptors (Lipinski definition) is 4. The van der Waals surface area contributed by atoms with Gasteiger partial charge in [-0.05, 0) is 51.7 Å². The van der Waals surface area contributed by atoms with Crippen LogP contribution in [0.25, 0.3) is 0 Å². The number of amides is 2. The fourth-order valence-corrected chi connectivity index (χ4v) is 3.75. The highest BCUT2D eigenvalue weighted by Crippen LogP contribution is 2.31. The van der Waals surface area contributed by atoms with Crippen LogP contribution in [-0.2, 0) is 9.53 Å². The van der Waals surface area contributed by atoms with Crippen molar-refractivity contribution in [1.29, 1.82) is 0 Å². The Morgan fingerprint density at radius 3 is 2.84 bits per heavy atom. The third kappa shape index (κ3) is 3.40. The molecule has 3 rings (SSSR count). The van der Waals surface area contributed by atoms with E-state index in [2.05, 4.69) is 4.98 Å². The highest BCUT2D eigenvalue weighted by atomic mass is 16.5. The summed E-state index contributed by atoms with van der Waals surface area (Å²) in [6.07, 6.45) is 4.20. The van der Waals surface area contributed by atoms with E-state index in [4.69, 9.17) is 4.74 Å². The van der Waals surface area contributed by atoms with Gasteiger partial charge >= 0.3 is 0 Å². The first-order valence-corrected chi connectivity index (χ1v) is 9.10. The minimum Gasteiger partial charge on any atom is -0.361 e. The molecule has 25 heavy (non-hydrogen) atoms. The first-order chi connectivity index (χ1) is 11.9. The van der Waals surface area contributed by atoms with Crippen molar-refractivity contribution in [2.45, 2.75) is 51.7 Å². The molecular weight excluding hydrogens is 318 g/mol. The molecule has 0 radical (unpaired) electrons. The summed E-state index contributed by atoms with van der Waals surface area (Å²) in [6.45, 7) is 7.88. The van der Waals surface area contributed by atoms with Crippen LogP contribution in [0, 0.1) is 6.92 Å². The van der Waals surface area contributed by atoms with Crippen molar-refractivity contribution in [3.05, 3.63) is 29.6 Å². The highest BCUT2D eigenvalue weighted by Gasteiger charge is 2.48. The zero-order chi connectivity index (χ0) is 18.0. The summed E-state index contributed by atoms with van der Waals surface area (Å²) in [5.74, 6) is -0.0934. The van der Waals surface area contributed by atoms with Gasteiger partial charge in [-0.2, -0.15) is 0 Å². The first-order valence-electron chi connectivity index (χ1n) is 9.10. The number of nitrogens with zero attached hydrogens (tertiary/aromatic N) is 3. The molecule has 0 bridgehead atoms. The second-order valence-electron chi connectivity index (χ2n) is 7.29. The summed E-state index contributed by atoms with van der Waals surface area (Å²) in [6, 6.07) is 3.84. The lowest BCUT2D eigenvalue weighted by atomic mass is 9.93. The van der Waals surface area contributed by atoms with Gasteiger partial charge in [-0.15, -0.1) is 0 Å². The van der Waals surface area contributed by atoms with E-state index in [0.717, 1.165) is 24.9 Å². The fraction of sp³-hybridized carbons (Fsp3) is 0.632. The van der Waals surface area contributed by atoms with Crippen LogP contribution >= 0.6 is 0 Å². The van der Waals surface area contributed by atoms with Gasteiger partial charge in [-0.25, -0.2) is 0 Å². The number of hydrogen-bond donors (Lipinski definition) is 0. The molecule has 1 spiro atoms. The van der Waals surface area contributed by atoms with Crippen LogP contribution < -0.4 is 0 Å². The number of likely N-dealkylation sites (tertiary alicyclic amines) is 1. The van der Waals surface area contributed by atoms with E-state index in [-0.39, 0.29) is 17.9 Å². The summed E-state index contributed by atoms with van der Waals surface area (Å²) in [7, 11) is 0. The van der Waals surface area contributed by atoms with E-state index in [0.29, 0.717) is 31.8 Å². The molecule has 1 aromatic rings. The maximum atomic E-state index is 13.2. The van der Waals surface area contributed by atoms with Crippen molar-refractivity contribution in [1.82, 2.24) is 14.8 Å². The molecule has 2 amide bonds. The van der Waals surface area contributed by atoms with E-state index >= 15 is 0 Å². The average Bonchev–Trinajstić information content (AvgIpc) is 2.75. The smallest absolute Gasteiger partial charge is 0.272 e. The third-order valence-corrected chi connectivity index (χ3v) is 5.19. The highest BCUT2D eigenvalue weighted by molar-refractivity contribution is 5.95. The maximum Gasteiger partial charge on any atom is 0.272 e. The van der Waals surface area contributed by atoms with Crippen LogP contribution in [-0.4, -0.2) is 64.5 Å². The molecule has 2 aliphatic rings. The number of pyridine rings is 1. The van der Waals surface area contributed by atoms with Gasteiger partial charge in [0, 0.05) is 25.3 Å². The molecule has 6 nitrogen and oxygen atoms in total. The first kappa shape index (κ1) is 17.9. The van der Waals surface area contributed by atoms with Gasteiger partial charge in [-0.1, -0.05) is 6.07 Å². The number of aryl methyl sites for hydroxylation is 1. The molecule has 136 valence electrons. The summed E-state index contributed by atoms with van der Waals surface area (Å²) < 4.78 is 6.02. The molecule has 1 unspecified atom stereocenters. The van der Waals surface area contributed by atoms with Gasteiger partial charge in [0.1, 0.15) is 5.69 Å². The van der Waals surface area contributed by atoms with Crippen molar-refractivity contribution in [2.75, 3.05) is 26.2 Å². The Morgan fingerprint density at radius 2 is 2.12 bits per heavy atom. The number of ether oxygens (including phenoxy) is 1. The van der Waals surface area contributed by atoms with Crippen LogP contribution in [0.2, 0.25) is 0 Å².